The van der Waals surface area contributed by atoms with Crippen LogP contribution in [0.5, 0.6) is 0 Å². The Balaban J connectivity index is 1.67. The molecule has 174 valence electrons. The molecule has 2 N–H and O–H groups in total. The summed E-state index contributed by atoms with van der Waals surface area (Å²) in [5.74, 6) is -2.02. The molecule has 0 unspecified atom stereocenters. The number of aryl methyl sites for hydroxylation is 1. The van der Waals surface area contributed by atoms with Gasteiger partial charge in [-0.05, 0) is 49.9 Å². The molecule has 1 aliphatic heterocycles. The topological polar surface area (TPSA) is 108 Å². The minimum atomic E-state index is -3.84. The van der Waals surface area contributed by atoms with Crippen LogP contribution in [0.1, 0.15) is 31.6 Å². The van der Waals surface area contributed by atoms with Crippen LogP contribution in [-0.2, 0) is 19.6 Å². The summed E-state index contributed by atoms with van der Waals surface area (Å²) >= 11 is 1.34. The highest BCUT2D eigenvalue weighted by atomic mass is 32.2. The standard InChI is InChI=1S/C21H27FN4O4S2/c1-13(2)18(20(28)25-21-23-11-14(3)31-21)24-19(27)15-5-4-10-26(12-15)32(29,30)17-8-6-16(22)7-9-17/h6-9,11,13,15,18H,4-5,10,12H2,1-3H3,(H,24,27)(H,23,25,28)/t15-,18+/m1/s1. The van der Waals surface area contributed by atoms with Gasteiger partial charge in [0.15, 0.2) is 5.13 Å². The summed E-state index contributed by atoms with van der Waals surface area (Å²) in [7, 11) is -3.84. The van der Waals surface area contributed by atoms with E-state index in [4.69, 9.17) is 0 Å². The fourth-order valence-electron chi connectivity index (χ4n) is 3.53. The van der Waals surface area contributed by atoms with Crippen molar-refractivity contribution in [3.8, 4) is 0 Å². The number of hydrogen-bond donors (Lipinski definition) is 2. The third-order valence-electron chi connectivity index (χ3n) is 5.30. The van der Waals surface area contributed by atoms with Crippen molar-refractivity contribution in [1.82, 2.24) is 14.6 Å². The summed E-state index contributed by atoms with van der Waals surface area (Å²) in [6.45, 7) is 5.81. The molecular weight excluding hydrogens is 455 g/mol. The number of rotatable bonds is 7. The first-order valence-corrected chi connectivity index (χ1v) is 12.6. The number of amides is 2. The van der Waals surface area contributed by atoms with Gasteiger partial charge in [0.25, 0.3) is 0 Å². The predicted molar refractivity (Wildman–Crippen MR) is 120 cm³/mol. The number of anilines is 1. The van der Waals surface area contributed by atoms with E-state index in [-0.39, 0.29) is 35.7 Å². The molecule has 3 rings (SSSR count). The molecular formula is C21H27FN4O4S2. The molecule has 1 aromatic carbocycles. The first kappa shape index (κ1) is 24.3. The second-order valence-corrected chi connectivity index (χ2v) is 11.3. The Morgan fingerprint density at radius 2 is 1.94 bits per heavy atom. The third kappa shape index (κ3) is 5.70. The highest BCUT2D eigenvalue weighted by Crippen LogP contribution is 2.25. The number of nitrogens with one attached hydrogen (secondary N) is 2. The largest absolute Gasteiger partial charge is 0.344 e. The molecule has 0 bridgehead atoms. The molecule has 1 aliphatic rings. The Kier molecular flexibility index (Phi) is 7.63. The van der Waals surface area contributed by atoms with Crippen LogP contribution < -0.4 is 10.6 Å². The number of aromatic nitrogens is 1. The summed E-state index contributed by atoms with van der Waals surface area (Å²) in [5.41, 5.74) is 0. The summed E-state index contributed by atoms with van der Waals surface area (Å²) in [5, 5.41) is 5.98. The average Bonchev–Trinajstić information content (AvgIpc) is 3.16. The molecule has 11 heteroatoms. The van der Waals surface area contributed by atoms with Crippen LogP contribution in [0.4, 0.5) is 9.52 Å². The van der Waals surface area contributed by atoms with Gasteiger partial charge in [-0.15, -0.1) is 11.3 Å². The first-order chi connectivity index (χ1) is 15.1. The van der Waals surface area contributed by atoms with Crippen molar-refractivity contribution < 1.29 is 22.4 Å². The summed E-state index contributed by atoms with van der Waals surface area (Å²) in [4.78, 5) is 30.7. The van der Waals surface area contributed by atoms with Crippen LogP contribution in [0, 0.1) is 24.6 Å². The maximum Gasteiger partial charge on any atom is 0.248 e. The monoisotopic (exact) mass is 482 g/mol. The molecule has 1 aromatic heterocycles. The van der Waals surface area contributed by atoms with Crippen molar-refractivity contribution in [2.24, 2.45) is 11.8 Å². The summed E-state index contributed by atoms with van der Waals surface area (Å²) in [6.07, 6.45) is 2.68. The number of piperidine rings is 1. The highest BCUT2D eigenvalue weighted by molar-refractivity contribution is 7.89. The van der Waals surface area contributed by atoms with E-state index < -0.39 is 27.8 Å². The third-order valence-corrected chi connectivity index (χ3v) is 8.01. The van der Waals surface area contributed by atoms with Gasteiger partial charge in [0.05, 0.1) is 10.8 Å². The van der Waals surface area contributed by atoms with Gasteiger partial charge in [0.1, 0.15) is 11.9 Å². The van der Waals surface area contributed by atoms with Gasteiger partial charge < -0.3 is 10.6 Å². The average molecular weight is 483 g/mol. The lowest BCUT2D eigenvalue weighted by Crippen LogP contribution is -2.52. The molecule has 2 atom stereocenters. The molecule has 0 spiro atoms. The fourth-order valence-corrected chi connectivity index (χ4v) is 5.72. The van der Waals surface area contributed by atoms with Crippen molar-refractivity contribution >= 4 is 38.3 Å². The lowest BCUT2D eigenvalue weighted by atomic mass is 9.96. The number of carbonyl (C=O) groups is 2. The smallest absolute Gasteiger partial charge is 0.248 e. The predicted octanol–water partition coefficient (Wildman–Crippen LogP) is 2.77. The van der Waals surface area contributed by atoms with E-state index in [1.807, 2.05) is 20.8 Å². The van der Waals surface area contributed by atoms with Crippen molar-refractivity contribution in [3.63, 3.8) is 0 Å². The lowest BCUT2D eigenvalue weighted by molar-refractivity contribution is -0.130. The Bertz CT molecular complexity index is 1070. The van der Waals surface area contributed by atoms with Crippen LogP contribution in [0.25, 0.3) is 0 Å². The van der Waals surface area contributed by atoms with Crippen molar-refractivity contribution in [2.75, 3.05) is 18.4 Å². The molecule has 2 aromatic rings. The van der Waals surface area contributed by atoms with Gasteiger partial charge in [-0.25, -0.2) is 17.8 Å². The molecule has 2 amide bonds. The van der Waals surface area contributed by atoms with Crippen LogP contribution in [0.3, 0.4) is 0 Å². The van der Waals surface area contributed by atoms with E-state index >= 15 is 0 Å². The van der Waals surface area contributed by atoms with Gasteiger partial charge >= 0.3 is 0 Å². The minimum absolute atomic E-state index is 0.00362. The van der Waals surface area contributed by atoms with E-state index in [9.17, 15) is 22.4 Å². The SMILES string of the molecule is Cc1cnc(NC(=O)[C@@H](NC(=O)[C@@H]2CCCN(S(=O)(=O)c3ccc(F)cc3)C2)C(C)C)s1. The number of carbonyl (C=O) groups excluding carboxylic acids is 2. The van der Waals surface area contributed by atoms with Crippen LogP contribution in [-0.4, -0.2) is 48.7 Å². The normalized spacial score (nSPS) is 18.3. The van der Waals surface area contributed by atoms with Crippen LogP contribution in [0.15, 0.2) is 35.4 Å². The van der Waals surface area contributed by atoms with Crippen molar-refractivity contribution in [3.05, 3.63) is 41.2 Å². The maximum atomic E-state index is 13.2. The van der Waals surface area contributed by atoms with Gasteiger partial charge in [0, 0.05) is 24.2 Å². The minimum Gasteiger partial charge on any atom is -0.344 e. The number of halogens is 1. The van der Waals surface area contributed by atoms with E-state index in [1.165, 1.54) is 27.8 Å². The van der Waals surface area contributed by atoms with E-state index in [0.717, 1.165) is 17.0 Å². The molecule has 32 heavy (non-hydrogen) atoms. The maximum absolute atomic E-state index is 13.2. The van der Waals surface area contributed by atoms with Gasteiger partial charge in [-0.1, -0.05) is 13.8 Å². The molecule has 0 saturated carbocycles. The fraction of sp³-hybridized carbons (Fsp3) is 0.476. The van der Waals surface area contributed by atoms with Gasteiger partial charge in [-0.2, -0.15) is 4.31 Å². The van der Waals surface area contributed by atoms with E-state index in [1.54, 1.807) is 6.20 Å². The Labute approximate surface area is 191 Å². The molecule has 2 heterocycles. The highest BCUT2D eigenvalue weighted by Gasteiger charge is 2.35. The number of nitrogens with zero attached hydrogens (tertiary/aromatic N) is 2. The number of sulfonamides is 1. The van der Waals surface area contributed by atoms with Crippen LogP contribution >= 0.6 is 11.3 Å². The molecule has 0 aliphatic carbocycles. The number of thiazole rings is 1. The zero-order valence-electron chi connectivity index (χ0n) is 18.2. The summed E-state index contributed by atoms with van der Waals surface area (Å²) < 4.78 is 40.2. The second-order valence-electron chi connectivity index (χ2n) is 8.15. The van der Waals surface area contributed by atoms with Gasteiger partial charge in [-0.3, -0.25) is 9.59 Å². The molecule has 8 nitrogen and oxygen atoms in total. The first-order valence-electron chi connectivity index (χ1n) is 10.4. The quantitative estimate of drug-likeness (QED) is 0.631. The van der Waals surface area contributed by atoms with Crippen molar-refractivity contribution in [2.45, 2.75) is 44.6 Å². The molecule has 1 fully saturated rings. The van der Waals surface area contributed by atoms with Crippen LogP contribution in [0.2, 0.25) is 0 Å². The zero-order valence-corrected chi connectivity index (χ0v) is 19.8. The Morgan fingerprint density at radius 3 is 2.53 bits per heavy atom. The lowest BCUT2D eigenvalue weighted by Gasteiger charge is -2.32. The number of hydrogen-bond acceptors (Lipinski definition) is 6. The van der Waals surface area contributed by atoms with Crippen molar-refractivity contribution in [1.29, 1.82) is 0 Å². The number of benzene rings is 1. The van der Waals surface area contributed by atoms with E-state index in [2.05, 4.69) is 15.6 Å². The molecule has 0 radical (unpaired) electrons. The molecule has 1 saturated heterocycles. The van der Waals surface area contributed by atoms with E-state index in [0.29, 0.717) is 18.0 Å². The zero-order chi connectivity index (χ0) is 23.5. The second kappa shape index (κ2) is 10.1. The van der Waals surface area contributed by atoms with Gasteiger partial charge in [0.2, 0.25) is 21.8 Å². The Hall–Kier alpha value is -2.37. The summed E-state index contributed by atoms with van der Waals surface area (Å²) in [6, 6.07) is 3.84. The Morgan fingerprint density at radius 1 is 1.25 bits per heavy atom.